The number of hydrogen-bond acceptors (Lipinski definition) is 3. The molecule has 0 aliphatic carbocycles. The highest BCUT2D eigenvalue weighted by Crippen LogP contribution is 2.10. The molecule has 0 aliphatic heterocycles. The van der Waals surface area contributed by atoms with Crippen LogP contribution in [0, 0.1) is 6.92 Å². The Morgan fingerprint density at radius 3 is 2.45 bits per heavy atom. The fraction of sp³-hybridized carbons (Fsp3) is 0.467. The zero-order valence-electron chi connectivity index (χ0n) is 11.7. The number of aliphatic carboxylic acids is 1. The van der Waals surface area contributed by atoms with Crippen molar-refractivity contribution in [2.24, 2.45) is 0 Å². The summed E-state index contributed by atoms with van der Waals surface area (Å²) in [6.45, 7) is 2.88. The van der Waals surface area contributed by atoms with Crippen LogP contribution in [0.2, 0.25) is 0 Å². The van der Waals surface area contributed by atoms with Gasteiger partial charge in [0.05, 0.1) is 6.54 Å². The van der Waals surface area contributed by atoms with E-state index in [4.69, 9.17) is 9.84 Å². The third-order valence-corrected chi connectivity index (χ3v) is 2.76. The standard InChI is InChI=1S/C15H21NO4/c1-12-6-8-13(9-7-12)20-11-10-16-14(17)4-2-3-5-15(18)19/h6-9H,2-5,10-11H2,1H3,(H,16,17)(H,18,19). The Bertz CT molecular complexity index is 428. The molecule has 1 rings (SSSR count). The molecule has 1 amide bonds. The predicted octanol–water partition coefficient (Wildman–Crippen LogP) is 2.14. The molecule has 0 heterocycles. The number of unbranched alkanes of at least 4 members (excludes halogenated alkanes) is 1. The third-order valence-electron chi connectivity index (χ3n) is 2.76. The summed E-state index contributed by atoms with van der Waals surface area (Å²) in [6, 6.07) is 7.72. The number of ether oxygens (including phenoxy) is 1. The van der Waals surface area contributed by atoms with Crippen LogP contribution in [-0.2, 0) is 9.59 Å². The molecule has 0 bridgehead atoms. The van der Waals surface area contributed by atoms with Crippen LogP contribution in [0.25, 0.3) is 0 Å². The Morgan fingerprint density at radius 2 is 1.80 bits per heavy atom. The summed E-state index contributed by atoms with van der Waals surface area (Å²) in [6.07, 6.45) is 1.60. The topological polar surface area (TPSA) is 75.6 Å². The Balaban J connectivity index is 2.04. The number of amides is 1. The van der Waals surface area contributed by atoms with Crippen molar-refractivity contribution in [2.45, 2.75) is 32.6 Å². The highest BCUT2D eigenvalue weighted by atomic mass is 16.5. The van der Waals surface area contributed by atoms with Crippen LogP contribution in [0.5, 0.6) is 5.75 Å². The number of carbonyl (C=O) groups is 2. The summed E-state index contributed by atoms with van der Waals surface area (Å²) in [5, 5.41) is 11.2. The predicted molar refractivity (Wildman–Crippen MR) is 75.8 cm³/mol. The Morgan fingerprint density at radius 1 is 1.15 bits per heavy atom. The summed E-state index contributed by atoms with van der Waals surface area (Å²) in [4.78, 5) is 21.7. The minimum atomic E-state index is -0.822. The Hall–Kier alpha value is -2.04. The number of aryl methyl sites for hydroxylation is 1. The molecular weight excluding hydrogens is 258 g/mol. The van der Waals surface area contributed by atoms with Crippen LogP contribution in [0.1, 0.15) is 31.2 Å². The highest BCUT2D eigenvalue weighted by Gasteiger charge is 2.02. The molecule has 0 atom stereocenters. The first-order chi connectivity index (χ1) is 9.58. The molecule has 0 spiro atoms. The van der Waals surface area contributed by atoms with Gasteiger partial charge < -0.3 is 15.2 Å². The molecule has 2 N–H and O–H groups in total. The summed E-state index contributed by atoms with van der Waals surface area (Å²) in [5.41, 5.74) is 1.17. The van der Waals surface area contributed by atoms with Crippen LogP contribution < -0.4 is 10.1 Å². The molecule has 1 aromatic rings. The molecule has 1 aromatic carbocycles. The van der Waals surface area contributed by atoms with Gasteiger partial charge in [0.2, 0.25) is 5.91 Å². The lowest BCUT2D eigenvalue weighted by Gasteiger charge is -2.08. The van der Waals surface area contributed by atoms with Gasteiger partial charge >= 0.3 is 5.97 Å². The van der Waals surface area contributed by atoms with Gasteiger partial charge in [-0.15, -0.1) is 0 Å². The van der Waals surface area contributed by atoms with Crippen molar-refractivity contribution in [3.8, 4) is 5.75 Å². The number of benzene rings is 1. The smallest absolute Gasteiger partial charge is 0.303 e. The van der Waals surface area contributed by atoms with Crippen LogP contribution >= 0.6 is 0 Å². The monoisotopic (exact) mass is 279 g/mol. The lowest BCUT2D eigenvalue weighted by Crippen LogP contribution is -2.27. The van der Waals surface area contributed by atoms with Crippen LogP contribution in [0.4, 0.5) is 0 Å². The zero-order valence-corrected chi connectivity index (χ0v) is 11.7. The van der Waals surface area contributed by atoms with Gasteiger partial charge in [0.25, 0.3) is 0 Å². The first-order valence-corrected chi connectivity index (χ1v) is 6.76. The Labute approximate surface area is 118 Å². The zero-order chi connectivity index (χ0) is 14.8. The summed E-state index contributed by atoms with van der Waals surface area (Å²) < 4.78 is 5.48. The van der Waals surface area contributed by atoms with Gasteiger partial charge in [-0.05, 0) is 31.9 Å². The second kappa shape index (κ2) is 8.96. The van der Waals surface area contributed by atoms with Gasteiger partial charge in [0.1, 0.15) is 12.4 Å². The van der Waals surface area contributed by atoms with Gasteiger partial charge in [-0.2, -0.15) is 0 Å². The van der Waals surface area contributed by atoms with E-state index in [1.54, 1.807) is 0 Å². The Kier molecular flexibility index (Phi) is 7.17. The van der Waals surface area contributed by atoms with E-state index < -0.39 is 5.97 Å². The average molecular weight is 279 g/mol. The van der Waals surface area contributed by atoms with Gasteiger partial charge in [-0.25, -0.2) is 0 Å². The van der Waals surface area contributed by atoms with E-state index in [2.05, 4.69) is 5.32 Å². The molecule has 0 saturated heterocycles. The molecule has 0 saturated carbocycles. The molecule has 0 radical (unpaired) electrons. The summed E-state index contributed by atoms with van der Waals surface area (Å²) in [5.74, 6) is -0.105. The first kappa shape index (κ1) is 16.0. The van der Waals surface area contributed by atoms with Gasteiger partial charge in [-0.3, -0.25) is 9.59 Å². The number of nitrogens with one attached hydrogen (secondary N) is 1. The van der Waals surface area contributed by atoms with Crippen molar-refractivity contribution in [1.29, 1.82) is 0 Å². The van der Waals surface area contributed by atoms with Gasteiger partial charge in [0.15, 0.2) is 0 Å². The number of rotatable bonds is 9. The summed E-state index contributed by atoms with van der Waals surface area (Å²) in [7, 11) is 0. The minimum Gasteiger partial charge on any atom is -0.492 e. The van der Waals surface area contributed by atoms with E-state index in [1.807, 2.05) is 31.2 Å². The quantitative estimate of drug-likeness (QED) is 0.679. The number of hydrogen-bond donors (Lipinski definition) is 2. The van der Waals surface area contributed by atoms with E-state index in [0.29, 0.717) is 32.4 Å². The second-order valence-corrected chi connectivity index (χ2v) is 4.61. The third kappa shape index (κ3) is 7.41. The van der Waals surface area contributed by atoms with Crippen molar-refractivity contribution in [2.75, 3.05) is 13.2 Å². The van der Waals surface area contributed by atoms with Gasteiger partial charge in [0, 0.05) is 12.8 Å². The van der Waals surface area contributed by atoms with Crippen molar-refractivity contribution >= 4 is 11.9 Å². The number of carboxylic acid groups (broad SMARTS) is 1. The largest absolute Gasteiger partial charge is 0.492 e. The number of carboxylic acids is 1. The summed E-state index contributed by atoms with van der Waals surface area (Å²) >= 11 is 0. The maximum atomic E-state index is 11.4. The fourth-order valence-corrected chi connectivity index (χ4v) is 1.64. The number of carbonyl (C=O) groups excluding carboxylic acids is 1. The molecule has 110 valence electrons. The maximum absolute atomic E-state index is 11.4. The lowest BCUT2D eigenvalue weighted by molar-refractivity contribution is -0.137. The molecule has 0 unspecified atom stereocenters. The van der Waals surface area contributed by atoms with Crippen molar-refractivity contribution in [1.82, 2.24) is 5.32 Å². The van der Waals surface area contributed by atoms with Crippen molar-refractivity contribution in [3.63, 3.8) is 0 Å². The molecule has 5 heteroatoms. The fourth-order valence-electron chi connectivity index (χ4n) is 1.64. The lowest BCUT2D eigenvalue weighted by atomic mass is 10.2. The van der Waals surface area contributed by atoms with E-state index in [9.17, 15) is 9.59 Å². The SMILES string of the molecule is Cc1ccc(OCCNC(=O)CCCCC(=O)O)cc1. The van der Waals surface area contributed by atoms with Gasteiger partial charge in [-0.1, -0.05) is 17.7 Å². The van der Waals surface area contributed by atoms with Crippen molar-refractivity contribution in [3.05, 3.63) is 29.8 Å². The van der Waals surface area contributed by atoms with Crippen LogP contribution in [0.3, 0.4) is 0 Å². The maximum Gasteiger partial charge on any atom is 0.303 e. The van der Waals surface area contributed by atoms with E-state index in [-0.39, 0.29) is 12.3 Å². The second-order valence-electron chi connectivity index (χ2n) is 4.61. The molecule has 5 nitrogen and oxygen atoms in total. The van der Waals surface area contributed by atoms with Crippen molar-refractivity contribution < 1.29 is 19.4 Å². The van der Waals surface area contributed by atoms with E-state index in [1.165, 1.54) is 5.56 Å². The van der Waals surface area contributed by atoms with E-state index >= 15 is 0 Å². The average Bonchev–Trinajstić information content (AvgIpc) is 2.41. The highest BCUT2D eigenvalue weighted by molar-refractivity contribution is 5.75. The van der Waals surface area contributed by atoms with Crippen LogP contribution in [-0.4, -0.2) is 30.1 Å². The first-order valence-electron chi connectivity index (χ1n) is 6.76. The molecule has 0 aromatic heterocycles. The molecule has 0 aliphatic rings. The molecular formula is C15H21NO4. The molecule has 0 fully saturated rings. The van der Waals surface area contributed by atoms with Crippen LogP contribution in [0.15, 0.2) is 24.3 Å². The minimum absolute atomic E-state index is 0.0668. The normalized spacial score (nSPS) is 10.1. The molecule has 20 heavy (non-hydrogen) atoms. The van der Waals surface area contributed by atoms with E-state index in [0.717, 1.165) is 5.75 Å².